The molecule has 2 rings (SSSR count). The van der Waals surface area contributed by atoms with Crippen molar-refractivity contribution in [2.75, 3.05) is 13.1 Å². The molecule has 1 aliphatic rings. The molecule has 80 valence electrons. The predicted molar refractivity (Wildman–Crippen MR) is 55.1 cm³/mol. The summed E-state index contributed by atoms with van der Waals surface area (Å²) >= 11 is 0.894. The smallest absolute Gasteiger partial charge is 0.324 e. The zero-order valence-electron chi connectivity index (χ0n) is 7.73. The summed E-state index contributed by atoms with van der Waals surface area (Å²) in [7, 11) is 0. The molecule has 1 amide bonds. The van der Waals surface area contributed by atoms with Crippen molar-refractivity contribution in [1.82, 2.24) is 10.6 Å². The van der Waals surface area contributed by atoms with Gasteiger partial charge in [0.05, 0.1) is 15.8 Å². The Bertz CT molecular complexity index is 400. The summed E-state index contributed by atoms with van der Waals surface area (Å²) in [5.74, 6) is -0.236. The molecule has 1 aromatic rings. The zero-order valence-corrected chi connectivity index (χ0v) is 8.54. The fraction of sp³-hybridized carbons (Fsp3) is 0.375. The molecule has 0 saturated carbocycles. The maximum atomic E-state index is 11.5. The first-order chi connectivity index (χ1) is 7.16. The molecule has 0 unspecified atom stereocenters. The van der Waals surface area contributed by atoms with Gasteiger partial charge in [-0.25, -0.2) is 0 Å². The SMILES string of the molecule is O=C(NC1CNC1)c1ccc([N+](=O)[O-])s1. The van der Waals surface area contributed by atoms with E-state index in [9.17, 15) is 14.9 Å². The molecule has 6 nitrogen and oxygen atoms in total. The third-order valence-corrected chi connectivity index (χ3v) is 3.15. The second-order valence-electron chi connectivity index (χ2n) is 3.22. The number of nitro groups is 1. The number of carbonyl (C=O) groups excluding carboxylic acids is 1. The fourth-order valence-electron chi connectivity index (χ4n) is 1.20. The van der Waals surface area contributed by atoms with Crippen molar-refractivity contribution in [3.8, 4) is 0 Å². The van der Waals surface area contributed by atoms with Gasteiger partial charge in [-0.3, -0.25) is 14.9 Å². The highest BCUT2D eigenvalue weighted by Crippen LogP contribution is 2.23. The maximum Gasteiger partial charge on any atom is 0.324 e. The third kappa shape index (κ3) is 2.13. The van der Waals surface area contributed by atoms with Gasteiger partial charge in [-0.05, 0) is 6.07 Å². The molecule has 0 aliphatic carbocycles. The number of thiophene rings is 1. The van der Waals surface area contributed by atoms with Gasteiger partial charge in [-0.1, -0.05) is 11.3 Å². The van der Waals surface area contributed by atoms with Gasteiger partial charge in [0.15, 0.2) is 0 Å². The molecule has 0 atom stereocenters. The molecule has 2 N–H and O–H groups in total. The lowest BCUT2D eigenvalue weighted by Gasteiger charge is -2.27. The van der Waals surface area contributed by atoms with E-state index in [-0.39, 0.29) is 17.0 Å². The molecule has 1 fully saturated rings. The number of hydrogen-bond acceptors (Lipinski definition) is 5. The number of nitrogens with zero attached hydrogens (tertiary/aromatic N) is 1. The lowest BCUT2D eigenvalue weighted by Crippen LogP contribution is -2.56. The summed E-state index contributed by atoms with van der Waals surface area (Å²) in [5, 5.41) is 16.2. The molecule has 1 aromatic heterocycles. The molecule has 1 aliphatic heterocycles. The van der Waals surface area contributed by atoms with Crippen LogP contribution in [0.4, 0.5) is 5.00 Å². The minimum Gasteiger partial charge on any atom is -0.346 e. The van der Waals surface area contributed by atoms with Crippen LogP contribution in [0.2, 0.25) is 0 Å². The van der Waals surface area contributed by atoms with E-state index in [1.807, 2.05) is 0 Å². The average molecular weight is 227 g/mol. The number of carbonyl (C=O) groups is 1. The van der Waals surface area contributed by atoms with Crippen molar-refractivity contribution >= 4 is 22.2 Å². The van der Waals surface area contributed by atoms with Gasteiger partial charge < -0.3 is 10.6 Å². The minimum absolute atomic E-state index is 0.00751. The Balaban J connectivity index is 2.01. The van der Waals surface area contributed by atoms with Gasteiger partial charge in [0.25, 0.3) is 5.91 Å². The van der Waals surface area contributed by atoms with Crippen LogP contribution in [-0.4, -0.2) is 30.0 Å². The van der Waals surface area contributed by atoms with Crippen molar-refractivity contribution in [2.24, 2.45) is 0 Å². The highest BCUT2D eigenvalue weighted by Gasteiger charge is 2.21. The summed E-state index contributed by atoms with van der Waals surface area (Å²) in [6.07, 6.45) is 0. The molecule has 0 aromatic carbocycles. The molecule has 0 radical (unpaired) electrons. The van der Waals surface area contributed by atoms with Gasteiger partial charge >= 0.3 is 5.00 Å². The van der Waals surface area contributed by atoms with E-state index in [2.05, 4.69) is 10.6 Å². The first kappa shape index (κ1) is 10.1. The highest BCUT2D eigenvalue weighted by molar-refractivity contribution is 7.17. The Morgan fingerprint density at radius 2 is 2.33 bits per heavy atom. The van der Waals surface area contributed by atoms with Crippen LogP contribution in [0.25, 0.3) is 0 Å². The molecule has 7 heteroatoms. The van der Waals surface area contributed by atoms with E-state index in [1.54, 1.807) is 0 Å². The molecule has 15 heavy (non-hydrogen) atoms. The fourth-order valence-corrected chi connectivity index (χ4v) is 1.92. The lowest BCUT2D eigenvalue weighted by molar-refractivity contribution is -0.380. The number of hydrogen-bond donors (Lipinski definition) is 2. The highest BCUT2D eigenvalue weighted by atomic mass is 32.1. The Morgan fingerprint density at radius 1 is 1.60 bits per heavy atom. The van der Waals surface area contributed by atoms with Gasteiger partial charge in [-0.15, -0.1) is 0 Å². The maximum absolute atomic E-state index is 11.5. The van der Waals surface area contributed by atoms with E-state index < -0.39 is 4.92 Å². The van der Waals surface area contributed by atoms with E-state index in [4.69, 9.17) is 0 Å². The number of nitrogens with one attached hydrogen (secondary N) is 2. The van der Waals surface area contributed by atoms with Crippen LogP contribution in [0.3, 0.4) is 0 Å². The molecule has 1 saturated heterocycles. The van der Waals surface area contributed by atoms with E-state index in [0.717, 1.165) is 24.4 Å². The first-order valence-electron chi connectivity index (χ1n) is 4.42. The summed E-state index contributed by atoms with van der Waals surface area (Å²) in [6.45, 7) is 1.53. The second kappa shape index (κ2) is 3.95. The van der Waals surface area contributed by atoms with Crippen LogP contribution in [-0.2, 0) is 0 Å². The van der Waals surface area contributed by atoms with Crippen molar-refractivity contribution in [1.29, 1.82) is 0 Å². The molecule has 2 heterocycles. The van der Waals surface area contributed by atoms with Gasteiger partial charge in [0.1, 0.15) is 0 Å². The quantitative estimate of drug-likeness (QED) is 0.576. The van der Waals surface area contributed by atoms with Crippen LogP contribution < -0.4 is 10.6 Å². The summed E-state index contributed by atoms with van der Waals surface area (Å²) in [4.78, 5) is 21.8. The van der Waals surface area contributed by atoms with Gasteiger partial charge in [-0.2, -0.15) is 0 Å². The number of amides is 1. The normalized spacial score (nSPS) is 15.7. The Morgan fingerprint density at radius 3 is 2.80 bits per heavy atom. The van der Waals surface area contributed by atoms with Crippen LogP contribution >= 0.6 is 11.3 Å². The largest absolute Gasteiger partial charge is 0.346 e. The van der Waals surface area contributed by atoms with Crippen LogP contribution in [0.15, 0.2) is 12.1 Å². The Labute approximate surface area is 89.4 Å². The van der Waals surface area contributed by atoms with Crippen LogP contribution in [0.5, 0.6) is 0 Å². The topological polar surface area (TPSA) is 84.3 Å². The Kier molecular flexibility index (Phi) is 2.65. The average Bonchev–Trinajstić information content (AvgIpc) is 2.59. The van der Waals surface area contributed by atoms with Crippen LogP contribution in [0.1, 0.15) is 9.67 Å². The van der Waals surface area contributed by atoms with E-state index >= 15 is 0 Å². The van der Waals surface area contributed by atoms with Crippen molar-refractivity contribution in [3.05, 3.63) is 27.1 Å². The second-order valence-corrected chi connectivity index (χ2v) is 4.29. The summed E-state index contributed by atoms with van der Waals surface area (Å²) < 4.78 is 0. The van der Waals surface area contributed by atoms with Crippen LogP contribution in [0, 0.1) is 10.1 Å². The van der Waals surface area contributed by atoms with Crippen molar-refractivity contribution in [2.45, 2.75) is 6.04 Å². The predicted octanol–water partition coefficient (Wildman–Crippen LogP) is 0.358. The van der Waals surface area contributed by atoms with Gasteiger partial charge in [0, 0.05) is 19.2 Å². The zero-order chi connectivity index (χ0) is 10.8. The van der Waals surface area contributed by atoms with E-state index in [1.165, 1.54) is 12.1 Å². The Hall–Kier alpha value is -1.47. The van der Waals surface area contributed by atoms with Gasteiger partial charge in [0.2, 0.25) is 0 Å². The summed E-state index contributed by atoms with van der Waals surface area (Å²) in [5.41, 5.74) is 0. The monoisotopic (exact) mass is 227 g/mol. The van der Waals surface area contributed by atoms with Crippen molar-refractivity contribution < 1.29 is 9.72 Å². The molecule has 0 bridgehead atoms. The summed E-state index contributed by atoms with van der Waals surface area (Å²) in [6, 6.07) is 2.97. The molecule has 0 spiro atoms. The standard InChI is InChI=1S/C8H9N3O3S/c12-8(10-5-3-9-4-5)6-1-2-7(15-6)11(13)14/h1-2,5,9H,3-4H2,(H,10,12). The first-order valence-corrected chi connectivity index (χ1v) is 5.24. The van der Waals surface area contributed by atoms with E-state index in [0.29, 0.717) is 4.88 Å². The third-order valence-electron chi connectivity index (χ3n) is 2.11. The minimum atomic E-state index is -0.494. The molecular weight excluding hydrogens is 218 g/mol. The number of rotatable bonds is 3. The lowest BCUT2D eigenvalue weighted by atomic mass is 10.2. The van der Waals surface area contributed by atoms with Crippen molar-refractivity contribution in [3.63, 3.8) is 0 Å². The molecular formula is C8H9N3O3S.